The average molecular weight is 312 g/mol. The minimum atomic E-state index is 0.0240. The molecule has 0 heterocycles. The van der Waals surface area contributed by atoms with Gasteiger partial charge in [-0.05, 0) is 62.5 Å². The summed E-state index contributed by atoms with van der Waals surface area (Å²) in [5.74, 6) is 0.721. The maximum absolute atomic E-state index is 6.48. The van der Waals surface area contributed by atoms with E-state index in [0.29, 0.717) is 0 Å². The van der Waals surface area contributed by atoms with Gasteiger partial charge in [0, 0.05) is 6.61 Å². The van der Waals surface area contributed by atoms with Crippen molar-refractivity contribution in [2.24, 2.45) is 5.92 Å². The second kappa shape index (κ2) is 7.66. The monoisotopic (exact) mass is 312 g/mol. The third kappa shape index (κ3) is 3.26. The van der Waals surface area contributed by atoms with Gasteiger partial charge in [-0.15, -0.1) is 0 Å². The van der Waals surface area contributed by atoms with Gasteiger partial charge in [-0.2, -0.15) is 0 Å². The van der Waals surface area contributed by atoms with Gasteiger partial charge in [0.15, 0.2) is 0 Å². The van der Waals surface area contributed by atoms with Crippen LogP contribution in [0.2, 0.25) is 0 Å². The molecule has 0 aliphatic heterocycles. The number of unbranched alkanes of at least 4 members (excludes halogenated alkanes) is 3. The molecule has 0 spiro atoms. The topological polar surface area (TPSA) is 9.23 Å². The first-order valence-corrected chi connectivity index (χ1v) is 9.73. The maximum Gasteiger partial charge on any atom is 0.0967 e. The Hall–Kier alpha value is -1.08. The molecule has 126 valence electrons. The molecule has 0 amide bonds. The molecule has 0 radical (unpaired) electrons. The lowest BCUT2D eigenvalue weighted by molar-refractivity contribution is -0.0132. The quantitative estimate of drug-likeness (QED) is 0.505. The van der Waals surface area contributed by atoms with Crippen molar-refractivity contribution in [1.82, 2.24) is 0 Å². The zero-order valence-electron chi connectivity index (χ0n) is 14.9. The first-order valence-electron chi connectivity index (χ1n) is 9.73. The molecule has 0 unspecified atom stereocenters. The van der Waals surface area contributed by atoms with Crippen molar-refractivity contribution in [3.8, 4) is 0 Å². The summed E-state index contributed by atoms with van der Waals surface area (Å²) in [6, 6.07) is 11.1. The molecule has 0 bridgehead atoms. The SMILES string of the molecule is CCCCCCC1=C(c2ccccc2)[C@]2(OCC)CCC[C@@H]2C1. The van der Waals surface area contributed by atoms with Crippen molar-refractivity contribution in [3.05, 3.63) is 41.5 Å². The number of fused-ring (bicyclic) bond motifs is 1. The molecular weight excluding hydrogens is 280 g/mol. The number of hydrogen-bond donors (Lipinski definition) is 0. The highest BCUT2D eigenvalue weighted by Crippen LogP contribution is 2.57. The number of ether oxygens (including phenoxy) is 1. The van der Waals surface area contributed by atoms with Crippen LogP contribution < -0.4 is 0 Å². The van der Waals surface area contributed by atoms with Crippen LogP contribution >= 0.6 is 0 Å². The van der Waals surface area contributed by atoms with Gasteiger partial charge in [-0.3, -0.25) is 0 Å². The van der Waals surface area contributed by atoms with Crippen LogP contribution in [0.25, 0.3) is 5.57 Å². The second-order valence-electron chi connectivity index (χ2n) is 7.27. The lowest BCUT2D eigenvalue weighted by Gasteiger charge is -2.33. The first kappa shape index (κ1) is 16.8. The van der Waals surface area contributed by atoms with E-state index < -0.39 is 0 Å². The number of hydrogen-bond acceptors (Lipinski definition) is 1. The standard InChI is InChI=1S/C22H32O/c1-3-5-6-8-14-19-17-20-15-11-16-22(20,23-4-2)21(19)18-12-9-7-10-13-18/h7,9-10,12-13,20H,3-6,8,11,14-17H2,1-2H3/t20-,22+/m1/s1. The van der Waals surface area contributed by atoms with E-state index in [4.69, 9.17) is 4.74 Å². The summed E-state index contributed by atoms with van der Waals surface area (Å²) >= 11 is 0. The normalized spacial score (nSPS) is 26.8. The second-order valence-corrected chi connectivity index (χ2v) is 7.27. The van der Waals surface area contributed by atoms with Crippen LogP contribution in [-0.2, 0) is 4.74 Å². The zero-order valence-corrected chi connectivity index (χ0v) is 14.9. The molecule has 0 aromatic heterocycles. The molecule has 1 aromatic carbocycles. The molecule has 1 fully saturated rings. The maximum atomic E-state index is 6.48. The highest BCUT2D eigenvalue weighted by atomic mass is 16.5. The summed E-state index contributed by atoms with van der Waals surface area (Å²) in [7, 11) is 0. The molecule has 2 aliphatic rings. The van der Waals surface area contributed by atoms with Crippen LogP contribution in [0.15, 0.2) is 35.9 Å². The van der Waals surface area contributed by atoms with E-state index in [-0.39, 0.29) is 5.60 Å². The smallest absolute Gasteiger partial charge is 0.0967 e. The van der Waals surface area contributed by atoms with Crippen molar-refractivity contribution in [2.75, 3.05) is 6.61 Å². The van der Waals surface area contributed by atoms with Gasteiger partial charge in [0.25, 0.3) is 0 Å². The molecule has 2 aliphatic carbocycles. The van der Waals surface area contributed by atoms with Gasteiger partial charge in [0.1, 0.15) is 0 Å². The van der Waals surface area contributed by atoms with E-state index in [1.54, 1.807) is 11.1 Å². The lowest BCUT2D eigenvalue weighted by Crippen LogP contribution is -2.34. The fraction of sp³-hybridized carbons (Fsp3) is 0.636. The fourth-order valence-electron chi connectivity index (χ4n) is 4.91. The van der Waals surface area contributed by atoms with Gasteiger partial charge >= 0.3 is 0 Å². The van der Waals surface area contributed by atoms with Gasteiger partial charge in [-0.25, -0.2) is 0 Å². The van der Waals surface area contributed by atoms with Crippen LogP contribution in [0.4, 0.5) is 0 Å². The summed E-state index contributed by atoms with van der Waals surface area (Å²) in [5.41, 5.74) is 4.70. The fourth-order valence-corrected chi connectivity index (χ4v) is 4.91. The van der Waals surface area contributed by atoms with Crippen LogP contribution in [0.5, 0.6) is 0 Å². The Morgan fingerprint density at radius 3 is 2.65 bits per heavy atom. The van der Waals surface area contributed by atoms with E-state index in [1.165, 1.54) is 63.4 Å². The molecule has 1 heteroatoms. The molecule has 23 heavy (non-hydrogen) atoms. The Morgan fingerprint density at radius 2 is 1.91 bits per heavy atom. The molecule has 3 rings (SSSR count). The predicted octanol–water partition coefficient (Wildman–Crippen LogP) is 6.39. The number of rotatable bonds is 8. The van der Waals surface area contributed by atoms with Crippen LogP contribution in [0.1, 0.15) is 77.2 Å². The summed E-state index contributed by atoms with van der Waals surface area (Å²) in [6.45, 7) is 5.28. The van der Waals surface area contributed by atoms with Crippen LogP contribution in [0, 0.1) is 5.92 Å². The van der Waals surface area contributed by atoms with Gasteiger partial charge < -0.3 is 4.74 Å². The molecule has 1 saturated carbocycles. The molecule has 1 nitrogen and oxygen atoms in total. The largest absolute Gasteiger partial charge is 0.370 e. The van der Waals surface area contributed by atoms with Crippen molar-refractivity contribution in [2.45, 2.75) is 77.2 Å². The van der Waals surface area contributed by atoms with E-state index in [0.717, 1.165) is 12.5 Å². The minimum absolute atomic E-state index is 0.0240. The van der Waals surface area contributed by atoms with E-state index >= 15 is 0 Å². The highest BCUT2D eigenvalue weighted by molar-refractivity contribution is 5.78. The van der Waals surface area contributed by atoms with Crippen molar-refractivity contribution < 1.29 is 4.74 Å². The average Bonchev–Trinajstić information content (AvgIpc) is 3.08. The minimum Gasteiger partial charge on any atom is -0.370 e. The van der Waals surface area contributed by atoms with Crippen LogP contribution in [0.3, 0.4) is 0 Å². The summed E-state index contributed by atoms with van der Waals surface area (Å²) < 4.78 is 6.48. The van der Waals surface area contributed by atoms with Crippen LogP contribution in [-0.4, -0.2) is 12.2 Å². The first-order chi connectivity index (χ1) is 11.3. The predicted molar refractivity (Wildman–Crippen MR) is 98.4 cm³/mol. The van der Waals surface area contributed by atoms with Crippen molar-refractivity contribution >= 4 is 5.57 Å². The van der Waals surface area contributed by atoms with E-state index in [9.17, 15) is 0 Å². The third-order valence-electron chi connectivity index (χ3n) is 5.83. The Morgan fingerprint density at radius 1 is 1.09 bits per heavy atom. The lowest BCUT2D eigenvalue weighted by atomic mass is 9.84. The zero-order chi connectivity index (χ0) is 16.1. The number of benzene rings is 1. The molecule has 2 atom stereocenters. The Labute approximate surface area is 142 Å². The molecule has 0 saturated heterocycles. The Kier molecular flexibility index (Phi) is 5.58. The molecule has 0 N–H and O–H groups in total. The highest BCUT2D eigenvalue weighted by Gasteiger charge is 2.51. The summed E-state index contributed by atoms with van der Waals surface area (Å²) in [6.07, 6.45) is 11.8. The van der Waals surface area contributed by atoms with E-state index in [1.807, 2.05) is 0 Å². The van der Waals surface area contributed by atoms with Gasteiger partial charge in [-0.1, -0.05) is 62.1 Å². The van der Waals surface area contributed by atoms with E-state index in [2.05, 4.69) is 44.2 Å². The number of allylic oxidation sites excluding steroid dienone is 1. The Balaban J connectivity index is 1.91. The molecular formula is C22H32O. The summed E-state index contributed by atoms with van der Waals surface area (Å²) in [5, 5.41) is 0. The van der Waals surface area contributed by atoms with Gasteiger partial charge in [0.2, 0.25) is 0 Å². The Bertz CT molecular complexity index is 530. The van der Waals surface area contributed by atoms with Gasteiger partial charge in [0.05, 0.1) is 5.60 Å². The summed E-state index contributed by atoms with van der Waals surface area (Å²) in [4.78, 5) is 0. The van der Waals surface area contributed by atoms with Crippen molar-refractivity contribution in [1.29, 1.82) is 0 Å². The third-order valence-corrected chi connectivity index (χ3v) is 5.83. The van der Waals surface area contributed by atoms with Crippen molar-refractivity contribution in [3.63, 3.8) is 0 Å². The molecule has 1 aromatic rings.